The van der Waals surface area contributed by atoms with Crippen molar-refractivity contribution in [3.05, 3.63) is 47.3 Å². The predicted octanol–water partition coefficient (Wildman–Crippen LogP) is 2.34. The third-order valence-electron chi connectivity index (χ3n) is 3.64. The SMILES string of the molecule is Cn1cc(COc2ccc3c(c2)CCCC3N)cn1. The summed E-state index contributed by atoms with van der Waals surface area (Å²) >= 11 is 0. The van der Waals surface area contributed by atoms with Gasteiger partial charge in [-0.1, -0.05) is 6.07 Å². The van der Waals surface area contributed by atoms with E-state index in [1.165, 1.54) is 17.5 Å². The monoisotopic (exact) mass is 257 g/mol. The molecule has 1 atom stereocenters. The number of hydrogen-bond acceptors (Lipinski definition) is 3. The molecule has 2 aromatic rings. The van der Waals surface area contributed by atoms with Crippen molar-refractivity contribution in [2.75, 3.05) is 0 Å². The lowest BCUT2D eigenvalue weighted by molar-refractivity contribution is 0.305. The van der Waals surface area contributed by atoms with Gasteiger partial charge in [-0.05, 0) is 42.5 Å². The maximum absolute atomic E-state index is 6.11. The van der Waals surface area contributed by atoms with Gasteiger partial charge in [0.05, 0.1) is 6.20 Å². The minimum atomic E-state index is 0.191. The van der Waals surface area contributed by atoms with Crippen LogP contribution in [0.4, 0.5) is 0 Å². The summed E-state index contributed by atoms with van der Waals surface area (Å²) in [6.07, 6.45) is 7.15. The van der Waals surface area contributed by atoms with Crippen molar-refractivity contribution in [3.63, 3.8) is 0 Å². The smallest absolute Gasteiger partial charge is 0.120 e. The zero-order valence-corrected chi connectivity index (χ0v) is 11.2. The van der Waals surface area contributed by atoms with Crippen molar-refractivity contribution in [2.45, 2.75) is 31.9 Å². The summed E-state index contributed by atoms with van der Waals surface area (Å²) in [6.45, 7) is 0.554. The molecule has 1 aromatic heterocycles. The number of rotatable bonds is 3. The molecule has 3 rings (SSSR count). The van der Waals surface area contributed by atoms with Gasteiger partial charge in [-0.25, -0.2) is 0 Å². The number of fused-ring (bicyclic) bond motifs is 1. The van der Waals surface area contributed by atoms with Gasteiger partial charge >= 0.3 is 0 Å². The molecule has 0 radical (unpaired) electrons. The molecule has 0 saturated carbocycles. The fraction of sp³-hybridized carbons (Fsp3) is 0.400. The lowest BCUT2D eigenvalue weighted by atomic mass is 9.88. The van der Waals surface area contributed by atoms with Crippen LogP contribution in [0, 0.1) is 0 Å². The normalized spacial score (nSPS) is 18.1. The molecule has 19 heavy (non-hydrogen) atoms. The Labute approximate surface area is 113 Å². The molecule has 0 spiro atoms. The van der Waals surface area contributed by atoms with Gasteiger partial charge in [0.2, 0.25) is 0 Å². The molecular formula is C15H19N3O. The second kappa shape index (κ2) is 5.05. The largest absolute Gasteiger partial charge is 0.489 e. The minimum Gasteiger partial charge on any atom is -0.489 e. The van der Waals surface area contributed by atoms with Crippen molar-refractivity contribution >= 4 is 0 Å². The van der Waals surface area contributed by atoms with Crippen LogP contribution in [0.5, 0.6) is 5.75 Å². The standard InChI is InChI=1S/C15H19N3O/c1-18-9-11(8-17-18)10-19-13-5-6-14-12(7-13)3-2-4-15(14)16/h5-9,15H,2-4,10,16H2,1H3. The second-order valence-corrected chi connectivity index (χ2v) is 5.17. The highest BCUT2D eigenvalue weighted by Crippen LogP contribution is 2.30. The molecule has 2 N–H and O–H groups in total. The van der Waals surface area contributed by atoms with Crippen LogP contribution < -0.4 is 10.5 Å². The number of nitrogens with two attached hydrogens (primary N) is 1. The summed E-state index contributed by atoms with van der Waals surface area (Å²) < 4.78 is 7.59. The Hall–Kier alpha value is -1.81. The summed E-state index contributed by atoms with van der Waals surface area (Å²) in [7, 11) is 1.91. The Bertz CT molecular complexity index is 577. The Morgan fingerprint density at radius 3 is 3.16 bits per heavy atom. The third kappa shape index (κ3) is 2.63. The van der Waals surface area contributed by atoms with Crippen molar-refractivity contribution in [3.8, 4) is 5.75 Å². The highest BCUT2D eigenvalue weighted by Gasteiger charge is 2.16. The van der Waals surface area contributed by atoms with Crippen LogP contribution in [0.25, 0.3) is 0 Å². The quantitative estimate of drug-likeness (QED) is 0.918. The maximum Gasteiger partial charge on any atom is 0.120 e. The molecule has 4 heteroatoms. The molecule has 1 aliphatic carbocycles. The summed E-state index contributed by atoms with van der Waals surface area (Å²) in [6, 6.07) is 6.44. The third-order valence-corrected chi connectivity index (χ3v) is 3.64. The Morgan fingerprint density at radius 1 is 1.47 bits per heavy atom. The van der Waals surface area contributed by atoms with Crippen molar-refractivity contribution in [1.29, 1.82) is 0 Å². The first-order valence-corrected chi connectivity index (χ1v) is 6.71. The summed E-state index contributed by atoms with van der Waals surface area (Å²) in [5.74, 6) is 0.914. The van der Waals surface area contributed by atoms with Crippen LogP contribution in [0.1, 0.15) is 35.6 Å². The van der Waals surface area contributed by atoms with Gasteiger partial charge in [-0.15, -0.1) is 0 Å². The Kier molecular flexibility index (Phi) is 3.25. The molecule has 1 aliphatic rings. The lowest BCUT2D eigenvalue weighted by Crippen LogP contribution is -2.17. The van der Waals surface area contributed by atoms with Crippen molar-refractivity contribution in [1.82, 2.24) is 9.78 Å². The molecule has 0 saturated heterocycles. The summed E-state index contributed by atoms with van der Waals surface area (Å²) in [5, 5.41) is 4.13. The minimum absolute atomic E-state index is 0.191. The molecule has 1 heterocycles. The van der Waals surface area contributed by atoms with Gasteiger partial charge in [0, 0.05) is 24.8 Å². The van der Waals surface area contributed by atoms with E-state index in [-0.39, 0.29) is 6.04 Å². The number of nitrogens with zero attached hydrogens (tertiary/aromatic N) is 2. The lowest BCUT2D eigenvalue weighted by Gasteiger charge is -2.22. The van der Waals surface area contributed by atoms with Crippen LogP contribution in [-0.4, -0.2) is 9.78 Å². The first kappa shape index (κ1) is 12.2. The van der Waals surface area contributed by atoms with E-state index in [4.69, 9.17) is 10.5 Å². The number of aryl methyl sites for hydroxylation is 2. The fourth-order valence-electron chi connectivity index (χ4n) is 2.63. The van der Waals surface area contributed by atoms with E-state index in [2.05, 4.69) is 17.2 Å². The zero-order valence-electron chi connectivity index (χ0n) is 11.2. The van der Waals surface area contributed by atoms with Gasteiger partial charge < -0.3 is 10.5 Å². The number of benzene rings is 1. The number of hydrogen-bond donors (Lipinski definition) is 1. The first-order valence-electron chi connectivity index (χ1n) is 6.71. The predicted molar refractivity (Wildman–Crippen MR) is 73.8 cm³/mol. The average molecular weight is 257 g/mol. The Balaban J connectivity index is 1.72. The number of ether oxygens (including phenoxy) is 1. The van der Waals surface area contributed by atoms with E-state index in [1.54, 1.807) is 4.68 Å². The van der Waals surface area contributed by atoms with E-state index in [0.717, 1.165) is 24.2 Å². The van der Waals surface area contributed by atoms with Gasteiger partial charge in [-0.3, -0.25) is 4.68 Å². The molecule has 0 bridgehead atoms. The fourth-order valence-corrected chi connectivity index (χ4v) is 2.63. The summed E-state index contributed by atoms with van der Waals surface area (Å²) in [5.41, 5.74) is 9.81. The van der Waals surface area contributed by atoms with E-state index >= 15 is 0 Å². The van der Waals surface area contributed by atoms with Crippen LogP contribution in [0.2, 0.25) is 0 Å². The molecule has 0 amide bonds. The molecule has 1 unspecified atom stereocenters. The van der Waals surface area contributed by atoms with Crippen molar-refractivity contribution in [2.24, 2.45) is 12.8 Å². The first-order chi connectivity index (χ1) is 9.22. The van der Waals surface area contributed by atoms with Gasteiger partial charge in [0.15, 0.2) is 0 Å². The van der Waals surface area contributed by atoms with Crippen LogP contribution >= 0.6 is 0 Å². The van der Waals surface area contributed by atoms with Crippen LogP contribution in [0.15, 0.2) is 30.6 Å². The van der Waals surface area contributed by atoms with E-state index in [1.807, 2.05) is 25.5 Å². The van der Waals surface area contributed by atoms with E-state index in [0.29, 0.717) is 6.61 Å². The van der Waals surface area contributed by atoms with E-state index in [9.17, 15) is 0 Å². The van der Waals surface area contributed by atoms with Crippen LogP contribution in [0.3, 0.4) is 0 Å². The highest BCUT2D eigenvalue weighted by molar-refractivity contribution is 5.39. The second-order valence-electron chi connectivity index (χ2n) is 5.17. The Morgan fingerprint density at radius 2 is 2.37 bits per heavy atom. The average Bonchev–Trinajstić information content (AvgIpc) is 2.82. The topological polar surface area (TPSA) is 53.1 Å². The van der Waals surface area contributed by atoms with Gasteiger partial charge in [0.25, 0.3) is 0 Å². The molecule has 0 fully saturated rings. The molecule has 4 nitrogen and oxygen atoms in total. The zero-order chi connectivity index (χ0) is 13.2. The highest BCUT2D eigenvalue weighted by atomic mass is 16.5. The maximum atomic E-state index is 6.11. The molecule has 0 aliphatic heterocycles. The molecule has 1 aromatic carbocycles. The molecular weight excluding hydrogens is 238 g/mol. The van der Waals surface area contributed by atoms with E-state index < -0.39 is 0 Å². The van der Waals surface area contributed by atoms with Crippen LogP contribution in [-0.2, 0) is 20.1 Å². The van der Waals surface area contributed by atoms with Gasteiger partial charge in [0.1, 0.15) is 12.4 Å². The molecule has 100 valence electrons. The van der Waals surface area contributed by atoms with Crippen molar-refractivity contribution < 1.29 is 4.74 Å². The number of aromatic nitrogens is 2. The summed E-state index contributed by atoms with van der Waals surface area (Å²) in [4.78, 5) is 0. The van der Waals surface area contributed by atoms with Gasteiger partial charge in [-0.2, -0.15) is 5.10 Å².